The van der Waals surface area contributed by atoms with E-state index in [-0.39, 0.29) is 18.7 Å². The van der Waals surface area contributed by atoms with Crippen molar-refractivity contribution in [1.29, 1.82) is 0 Å². The second-order valence-electron chi connectivity index (χ2n) is 3.78. The molecule has 1 amide bonds. The average Bonchev–Trinajstić information content (AvgIpc) is 2.48. The number of unbranched alkanes of at least 4 members (excludes halogenated alkanes) is 1. The minimum atomic E-state index is -1.63. The van der Waals surface area contributed by atoms with Crippen molar-refractivity contribution in [2.24, 2.45) is 0 Å². The number of carbonyl (C=O) groups excluding carboxylic acids is 2. The second-order valence-corrected chi connectivity index (χ2v) is 3.78. The maximum Gasteiger partial charge on any atom is 0.266 e. The summed E-state index contributed by atoms with van der Waals surface area (Å²) in [7, 11) is 0. The van der Waals surface area contributed by atoms with Crippen LogP contribution in [-0.4, -0.2) is 40.5 Å². The van der Waals surface area contributed by atoms with Gasteiger partial charge in [-0.2, -0.15) is 0 Å². The van der Waals surface area contributed by atoms with Gasteiger partial charge >= 0.3 is 0 Å². The molecular weight excluding hydrogens is 198 g/mol. The van der Waals surface area contributed by atoms with Gasteiger partial charge < -0.3 is 4.90 Å². The van der Waals surface area contributed by atoms with Gasteiger partial charge in [-0.1, -0.05) is 20.3 Å². The molecule has 0 radical (unpaired) electrons. The molecular formula is C10H17NO4. The van der Waals surface area contributed by atoms with E-state index in [1.165, 1.54) is 4.90 Å². The Kier molecular flexibility index (Phi) is 3.82. The van der Waals surface area contributed by atoms with Crippen LogP contribution >= 0.6 is 0 Å². The molecule has 1 heterocycles. The predicted molar refractivity (Wildman–Crippen MR) is 53.2 cm³/mol. The molecule has 0 aromatic heterocycles. The van der Waals surface area contributed by atoms with Crippen molar-refractivity contribution < 1.29 is 19.7 Å². The number of hydrogen-bond donors (Lipinski definition) is 1. The molecule has 0 aromatic carbocycles. The molecule has 1 saturated heterocycles. The highest BCUT2D eigenvalue weighted by molar-refractivity contribution is 6.15. The van der Waals surface area contributed by atoms with Gasteiger partial charge in [0.05, 0.1) is 6.54 Å². The predicted octanol–water partition coefficient (Wildman–Crippen LogP) is 0.836. The molecule has 0 spiro atoms. The van der Waals surface area contributed by atoms with E-state index in [0.29, 0.717) is 6.54 Å². The van der Waals surface area contributed by atoms with Crippen LogP contribution in [0, 0.1) is 0 Å². The highest BCUT2D eigenvalue weighted by Gasteiger charge is 2.54. The molecule has 5 nitrogen and oxygen atoms in total. The first-order valence-electron chi connectivity index (χ1n) is 5.27. The van der Waals surface area contributed by atoms with Crippen molar-refractivity contribution in [3.05, 3.63) is 0 Å². The van der Waals surface area contributed by atoms with Crippen molar-refractivity contribution >= 4 is 11.7 Å². The first-order chi connectivity index (χ1) is 7.12. The zero-order valence-corrected chi connectivity index (χ0v) is 9.15. The fourth-order valence-corrected chi connectivity index (χ4v) is 1.78. The Labute approximate surface area is 88.9 Å². The SMILES string of the molecule is CCCCN1CC(=O)C(CC)(OO)C1=O. The molecule has 0 saturated carbocycles. The van der Waals surface area contributed by atoms with Gasteiger partial charge in [0, 0.05) is 6.54 Å². The van der Waals surface area contributed by atoms with Gasteiger partial charge in [-0.05, 0) is 12.8 Å². The fourth-order valence-electron chi connectivity index (χ4n) is 1.78. The van der Waals surface area contributed by atoms with E-state index in [9.17, 15) is 9.59 Å². The molecule has 1 unspecified atom stereocenters. The van der Waals surface area contributed by atoms with E-state index in [2.05, 4.69) is 4.89 Å². The third kappa shape index (κ3) is 1.89. The lowest BCUT2D eigenvalue weighted by molar-refractivity contribution is -0.299. The topological polar surface area (TPSA) is 66.8 Å². The fraction of sp³-hybridized carbons (Fsp3) is 0.800. The van der Waals surface area contributed by atoms with Gasteiger partial charge in [0.15, 0.2) is 5.78 Å². The minimum Gasteiger partial charge on any atom is -0.332 e. The lowest BCUT2D eigenvalue weighted by Gasteiger charge is -2.20. The van der Waals surface area contributed by atoms with E-state index in [1.54, 1.807) is 6.92 Å². The van der Waals surface area contributed by atoms with Crippen molar-refractivity contribution in [2.75, 3.05) is 13.1 Å². The Morgan fingerprint density at radius 3 is 2.53 bits per heavy atom. The van der Waals surface area contributed by atoms with Crippen LogP contribution in [0.4, 0.5) is 0 Å². The maximum atomic E-state index is 11.8. The molecule has 1 fully saturated rings. The van der Waals surface area contributed by atoms with Gasteiger partial charge in [-0.25, -0.2) is 4.89 Å². The molecule has 0 aromatic rings. The van der Waals surface area contributed by atoms with Gasteiger partial charge in [0.2, 0.25) is 5.60 Å². The van der Waals surface area contributed by atoms with Crippen LogP contribution in [0.3, 0.4) is 0 Å². The number of carbonyl (C=O) groups is 2. The molecule has 0 bridgehead atoms. The standard InChI is InChI=1S/C10H17NO4/c1-3-5-6-11-7-8(12)10(4-2,15-14)9(11)13/h14H,3-7H2,1-2H3. The van der Waals surface area contributed by atoms with E-state index in [4.69, 9.17) is 5.26 Å². The molecule has 1 atom stereocenters. The number of rotatable bonds is 5. The van der Waals surface area contributed by atoms with Gasteiger partial charge in [0.25, 0.3) is 5.91 Å². The molecule has 5 heteroatoms. The van der Waals surface area contributed by atoms with Crippen LogP contribution in [0.5, 0.6) is 0 Å². The molecule has 1 rings (SSSR count). The van der Waals surface area contributed by atoms with Gasteiger partial charge in [0.1, 0.15) is 0 Å². The van der Waals surface area contributed by atoms with Crippen LogP contribution in [-0.2, 0) is 14.5 Å². The quantitative estimate of drug-likeness (QED) is 0.419. The Hall–Kier alpha value is -0.940. The molecule has 1 aliphatic rings. The zero-order valence-electron chi connectivity index (χ0n) is 9.15. The summed E-state index contributed by atoms with van der Waals surface area (Å²) in [5, 5.41) is 8.73. The summed E-state index contributed by atoms with van der Waals surface area (Å²) in [4.78, 5) is 29.0. The Balaban J connectivity index is 2.78. The van der Waals surface area contributed by atoms with Gasteiger partial charge in [-0.3, -0.25) is 14.8 Å². The number of ketones is 1. The lowest BCUT2D eigenvalue weighted by Crippen LogP contribution is -2.45. The van der Waals surface area contributed by atoms with E-state index < -0.39 is 11.5 Å². The number of nitrogens with zero attached hydrogens (tertiary/aromatic N) is 1. The summed E-state index contributed by atoms with van der Waals surface area (Å²) in [6.07, 6.45) is 1.98. The monoisotopic (exact) mass is 215 g/mol. The number of amides is 1. The number of likely N-dealkylation sites (tertiary alicyclic amines) is 1. The largest absolute Gasteiger partial charge is 0.332 e. The van der Waals surface area contributed by atoms with Gasteiger partial charge in [-0.15, -0.1) is 0 Å². The third-order valence-corrected chi connectivity index (χ3v) is 2.85. The summed E-state index contributed by atoms with van der Waals surface area (Å²) in [5.74, 6) is -0.764. The zero-order chi connectivity index (χ0) is 11.5. The maximum absolute atomic E-state index is 11.8. The summed E-state index contributed by atoms with van der Waals surface area (Å²) < 4.78 is 0. The Morgan fingerprint density at radius 1 is 1.47 bits per heavy atom. The van der Waals surface area contributed by atoms with E-state index in [1.807, 2.05) is 6.92 Å². The van der Waals surface area contributed by atoms with Crippen LogP contribution in [0.25, 0.3) is 0 Å². The molecule has 86 valence electrons. The van der Waals surface area contributed by atoms with Crippen molar-refractivity contribution in [3.63, 3.8) is 0 Å². The Bertz CT molecular complexity index is 260. The summed E-state index contributed by atoms with van der Waals surface area (Å²) in [5.41, 5.74) is -1.63. The molecule has 0 aliphatic carbocycles. The number of hydrogen-bond acceptors (Lipinski definition) is 4. The summed E-state index contributed by atoms with van der Waals surface area (Å²) in [6, 6.07) is 0. The van der Waals surface area contributed by atoms with Crippen LogP contribution < -0.4 is 0 Å². The smallest absolute Gasteiger partial charge is 0.266 e. The van der Waals surface area contributed by atoms with Crippen LogP contribution in [0.1, 0.15) is 33.1 Å². The first-order valence-corrected chi connectivity index (χ1v) is 5.27. The van der Waals surface area contributed by atoms with E-state index >= 15 is 0 Å². The average molecular weight is 215 g/mol. The molecule has 1 aliphatic heterocycles. The highest BCUT2D eigenvalue weighted by atomic mass is 17.1. The Morgan fingerprint density at radius 2 is 2.13 bits per heavy atom. The highest BCUT2D eigenvalue weighted by Crippen LogP contribution is 2.26. The summed E-state index contributed by atoms with van der Waals surface area (Å²) in [6.45, 7) is 4.26. The van der Waals surface area contributed by atoms with Crippen molar-refractivity contribution in [2.45, 2.75) is 38.7 Å². The minimum absolute atomic E-state index is 0.0488. The molecule has 1 N–H and O–H groups in total. The van der Waals surface area contributed by atoms with Crippen molar-refractivity contribution in [1.82, 2.24) is 4.90 Å². The van der Waals surface area contributed by atoms with Crippen LogP contribution in [0.15, 0.2) is 0 Å². The van der Waals surface area contributed by atoms with Crippen LogP contribution in [0.2, 0.25) is 0 Å². The molecule has 15 heavy (non-hydrogen) atoms. The number of Topliss-reactive ketones (excluding diaryl/α,β-unsaturated/α-hetero) is 1. The lowest BCUT2D eigenvalue weighted by atomic mass is 9.98. The van der Waals surface area contributed by atoms with E-state index in [0.717, 1.165) is 12.8 Å². The normalized spacial score (nSPS) is 26.5. The first kappa shape index (κ1) is 12.1. The summed E-state index contributed by atoms with van der Waals surface area (Å²) >= 11 is 0. The second kappa shape index (κ2) is 4.72. The van der Waals surface area contributed by atoms with Crippen molar-refractivity contribution in [3.8, 4) is 0 Å². The third-order valence-electron chi connectivity index (χ3n) is 2.85.